The smallest absolute Gasteiger partial charge is 0.312 e. The fourth-order valence-corrected chi connectivity index (χ4v) is 4.41. The quantitative estimate of drug-likeness (QED) is 0.631. The normalized spacial score (nSPS) is 15.5. The molecule has 0 aromatic heterocycles. The topological polar surface area (TPSA) is 113 Å². The van der Waals surface area contributed by atoms with E-state index in [-0.39, 0.29) is 37.0 Å². The molecule has 1 heterocycles. The van der Waals surface area contributed by atoms with Gasteiger partial charge in [0, 0.05) is 39.1 Å². The van der Waals surface area contributed by atoms with Crippen LogP contribution in [0.4, 0.5) is 9.18 Å². The van der Waals surface area contributed by atoms with Gasteiger partial charge in [0.05, 0.1) is 0 Å². The number of urea groups is 1. The molecule has 150 valence electrons. The lowest BCUT2D eigenvalue weighted by atomic mass is 10.1. The Kier molecular flexibility index (Phi) is 7.55. The average molecular weight is 400 g/mol. The van der Waals surface area contributed by atoms with E-state index in [0.29, 0.717) is 19.4 Å². The Balaban J connectivity index is 1.77. The van der Waals surface area contributed by atoms with Gasteiger partial charge in [-0.15, -0.1) is 0 Å². The molecule has 1 fully saturated rings. The Labute approximate surface area is 158 Å². The first-order valence-corrected chi connectivity index (χ1v) is 10.3. The minimum absolute atomic E-state index is 0.0270. The van der Waals surface area contributed by atoms with Crippen LogP contribution in [0, 0.1) is 5.82 Å². The van der Waals surface area contributed by atoms with Gasteiger partial charge in [-0.3, -0.25) is 4.79 Å². The molecule has 1 saturated heterocycles. The second kappa shape index (κ2) is 9.65. The number of benzene rings is 1. The van der Waals surface area contributed by atoms with Crippen LogP contribution in [0.2, 0.25) is 0 Å². The number of piperazine rings is 1. The van der Waals surface area contributed by atoms with Gasteiger partial charge in [-0.2, -0.15) is 4.31 Å². The molecular weight excluding hydrogens is 375 g/mol. The first kappa shape index (κ1) is 21.1. The molecule has 0 bridgehead atoms. The third-order valence-corrected chi connectivity index (χ3v) is 6.34. The second-order valence-electron chi connectivity index (χ2n) is 6.32. The zero-order chi connectivity index (χ0) is 19.9. The molecule has 10 heteroatoms. The van der Waals surface area contributed by atoms with E-state index in [1.165, 1.54) is 22.5 Å². The molecule has 0 atom stereocenters. The molecular formula is C17H25FN4O4S. The molecule has 0 radical (unpaired) electrons. The number of nitrogens with two attached hydrogens (primary N) is 1. The van der Waals surface area contributed by atoms with Crippen molar-refractivity contribution < 1.29 is 22.4 Å². The first-order valence-electron chi connectivity index (χ1n) is 8.88. The zero-order valence-corrected chi connectivity index (χ0v) is 15.9. The van der Waals surface area contributed by atoms with E-state index < -0.39 is 21.9 Å². The van der Waals surface area contributed by atoms with Gasteiger partial charge < -0.3 is 16.0 Å². The van der Waals surface area contributed by atoms with Crippen LogP contribution in [0.15, 0.2) is 29.2 Å². The summed E-state index contributed by atoms with van der Waals surface area (Å²) in [5, 5.41) is 2.49. The molecule has 2 rings (SSSR count). The van der Waals surface area contributed by atoms with Gasteiger partial charge in [0.2, 0.25) is 15.9 Å². The van der Waals surface area contributed by atoms with Crippen molar-refractivity contribution in [3.63, 3.8) is 0 Å². The average Bonchev–Trinajstić information content (AvgIpc) is 2.64. The molecule has 8 nitrogen and oxygen atoms in total. The molecule has 1 aromatic carbocycles. The van der Waals surface area contributed by atoms with Crippen molar-refractivity contribution in [2.45, 2.75) is 30.6 Å². The fourth-order valence-electron chi connectivity index (χ4n) is 2.92. The summed E-state index contributed by atoms with van der Waals surface area (Å²) < 4.78 is 40.1. The van der Waals surface area contributed by atoms with Crippen LogP contribution in [0.3, 0.4) is 0 Å². The van der Waals surface area contributed by atoms with Crippen LogP contribution in [0.25, 0.3) is 0 Å². The number of amides is 3. The largest absolute Gasteiger partial charge is 0.352 e. The molecule has 3 N–H and O–H groups in total. The lowest BCUT2D eigenvalue weighted by molar-refractivity contribution is -0.132. The third kappa shape index (κ3) is 5.90. The van der Waals surface area contributed by atoms with Crippen molar-refractivity contribution >= 4 is 22.0 Å². The first-order chi connectivity index (χ1) is 12.8. The van der Waals surface area contributed by atoms with E-state index in [1.54, 1.807) is 4.90 Å². The van der Waals surface area contributed by atoms with Crippen molar-refractivity contribution in [3.8, 4) is 0 Å². The SMILES string of the molecule is NC(=O)NCCCCCC(=O)N1CCN(S(=O)(=O)c2ccccc2F)CC1. The van der Waals surface area contributed by atoms with Crippen LogP contribution < -0.4 is 11.1 Å². The highest BCUT2D eigenvalue weighted by Gasteiger charge is 2.31. The van der Waals surface area contributed by atoms with Crippen molar-refractivity contribution in [1.82, 2.24) is 14.5 Å². The Morgan fingerprint density at radius 2 is 1.74 bits per heavy atom. The van der Waals surface area contributed by atoms with Crippen LogP contribution >= 0.6 is 0 Å². The summed E-state index contributed by atoms with van der Waals surface area (Å²) in [5.74, 6) is -0.803. The van der Waals surface area contributed by atoms with Gasteiger partial charge >= 0.3 is 6.03 Å². The number of halogens is 1. The van der Waals surface area contributed by atoms with Crippen molar-refractivity contribution in [3.05, 3.63) is 30.1 Å². The summed E-state index contributed by atoms with van der Waals surface area (Å²) in [5.41, 5.74) is 4.96. The number of primary amides is 1. The van der Waals surface area contributed by atoms with Gasteiger partial charge in [0.15, 0.2) is 0 Å². The number of nitrogens with one attached hydrogen (secondary N) is 1. The van der Waals surface area contributed by atoms with Crippen LogP contribution in [-0.2, 0) is 14.8 Å². The van der Waals surface area contributed by atoms with Gasteiger partial charge in [-0.1, -0.05) is 18.6 Å². The molecule has 1 aliphatic heterocycles. The highest BCUT2D eigenvalue weighted by atomic mass is 32.2. The van der Waals surface area contributed by atoms with Crippen LogP contribution in [-0.4, -0.2) is 62.3 Å². The minimum Gasteiger partial charge on any atom is -0.352 e. The number of nitrogens with zero attached hydrogens (tertiary/aromatic N) is 2. The molecule has 0 unspecified atom stereocenters. The summed E-state index contributed by atoms with van der Waals surface area (Å²) in [4.78, 5) is 24.1. The highest BCUT2D eigenvalue weighted by molar-refractivity contribution is 7.89. The van der Waals surface area contributed by atoms with Gasteiger partial charge in [-0.05, 0) is 25.0 Å². The van der Waals surface area contributed by atoms with Gasteiger partial charge in [-0.25, -0.2) is 17.6 Å². The lowest BCUT2D eigenvalue weighted by Gasteiger charge is -2.34. The maximum absolute atomic E-state index is 13.8. The Morgan fingerprint density at radius 3 is 2.37 bits per heavy atom. The van der Waals surface area contributed by atoms with Gasteiger partial charge in [0.25, 0.3) is 0 Å². The van der Waals surface area contributed by atoms with Crippen molar-refractivity contribution in [2.24, 2.45) is 5.73 Å². The number of sulfonamides is 1. The summed E-state index contributed by atoms with van der Waals surface area (Å²) in [6.45, 7) is 1.34. The minimum atomic E-state index is -3.90. The fraction of sp³-hybridized carbons (Fsp3) is 0.529. The van der Waals surface area contributed by atoms with E-state index in [1.807, 2.05) is 0 Å². The summed E-state index contributed by atoms with van der Waals surface area (Å²) in [7, 11) is -3.90. The molecule has 1 aromatic rings. The molecule has 0 spiro atoms. The van der Waals surface area contributed by atoms with E-state index in [4.69, 9.17) is 5.73 Å². The highest BCUT2D eigenvalue weighted by Crippen LogP contribution is 2.20. The Bertz CT molecular complexity index is 764. The molecule has 0 saturated carbocycles. The number of rotatable bonds is 8. The monoisotopic (exact) mass is 400 g/mol. The van der Waals surface area contributed by atoms with E-state index in [0.717, 1.165) is 18.9 Å². The predicted octanol–water partition coefficient (Wildman–Crippen LogP) is 0.887. The van der Waals surface area contributed by atoms with Crippen molar-refractivity contribution in [2.75, 3.05) is 32.7 Å². The molecule has 0 aliphatic carbocycles. The summed E-state index contributed by atoms with van der Waals surface area (Å²) >= 11 is 0. The van der Waals surface area contributed by atoms with E-state index in [9.17, 15) is 22.4 Å². The predicted molar refractivity (Wildman–Crippen MR) is 97.8 cm³/mol. The third-order valence-electron chi connectivity index (χ3n) is 4.41. The Hall–Kier alpha value is -2.20. The molecule has 27 heavy (non-hydrogen) atoms. The van der Waals surface area contributed by atoms with Crippen LogP contribution in [0.1, 0.15) is 25.7 Å². The number of hydrogen-bond donors (Lipinski definition) is 2. The lowest BCUT2D eigenvalue weighted by Crippen LogP contribution is -2.50. The second-order valence-corrected chi connectivity index (χ2v) is 8.22. The number of carbonyl (C=O) groups excluding carboxylic acids is 2. The standard InChI is InChI=1S/C17H25FN4O4S/c18-14-6-3-4-7-15(14)27(25,26)22-12-10-21(11-13-22)16(23)8-2-1-5-9-20-17(19)24/h3-4,6-7H,1-2,5,8-13H2,(H3,19,20,24). The summed E-state index contributed by atoms with van der Waals surface area (Å²) in [6, 6.07) is 4.72. The maximum atomic E-state index is 13.8. The van der Waals surface area contributed by atoms with E-state index >= 15 is 0 Å². The van der Waals surface area contributed by atoms with Crippen molar-refractivity contribution in [1.29, 1.82) is 0 Å². The number of unbranched alkanes of at least 4 members (excludes halogenated alkanes) is 2. The zero-order valence-electron chi connectivity index (χ0n) is 15.1. The molecule has 3 amide bonds. The summed E-state index contributed by atoms with van der Waals surface area (Å²) in [6.07, 6.45) is 2.59. The van der Waals surface area contributed by atoms with Gasteiger partial charge in [0.1, 0.15) is 10.7 Å². The number of hydrogen-bond acceptors (Lipinski definition) is 4. The molecule has 1 aliphatic rings. The van der Waals surface area contributed by atoms with E-state index in [2.05, 4.69) is 5.32 Å². The number of carbonyl (C=O) groups is 2. The van der Waals surface area contributed by atoms with Crippen LogP contribution in [0.5, 0.6) is 0 Å². The maximum Gasteiger partial charge on any atom is 0.312 e. The Morgan fingerprint density at radius 1 is 1.07 bits per heavy atom.